The molecule has 3 unspecified atom stereocenters. The molecule has 0 saturated carbocycles. The topological polar surface area (TPSA) is 224 Å². The molecule has 0 aromatic rings. The normalized spacial score (nSPS) is 31.5. The summed E-state index contributed by atoms with van der Waals surface area (Å²) in [6, 6.07) is 0. The van der Waals surface area contributed by atoms with E-state index >= 15 is 0 Å². The number of hydrogen-bond donors (Lipinski definition) is 8. The Bertz CT molecular complexity index is 1020. The molecule has 0 bridgehead atoms. The predicted molar refractivity (Wildman–Crippen MR) is 199 cm³/mol. The van der Waals surface area contributed by atoms with Crippen LogP contribution in [0.4, 0.5) is 0 Å². The molecule has 2 heterocycles. The maximum absolute atomic E-state index is 14.4. The Labute approximate surface area is 317 Å². The first-order valence-corrected chi connectivity index (χ1v) is 20.7. The van der Waals surface area contributed by atoms with E-state index in [1.54, 1.807) is 0 Å². The Morgan fingerprint density at radius 2 is 1.04 bits per heavy atom. The van der Waals surface area contributed by atoms with Crippen LogP contribution in [0.5, 0.6) is 0 Å². The minimum absolute atomic E-state index is 0.105. The number of ether oxygens (including phenoxy) is 3. The Morgan fingerprint density at radius 3 is 1.53 bits per heavy atom. The maximum atomic E-state index is 14.4. The van der Waals surface area contributed by atoms with E-state index in [2.05, 4.69) is 13.8 Å². The fraction of sp³-hybridized carbons (Fsp3) is 0.950. The van der Waals surface area contributed by atoms with Gasteiger partial charge in [0.1, 0.15) is 42.7 Å². The van der Waals surface area contributed by atoms with E-state index in [-0.39, 0.29) is 12.8 Å². The molecule has 2 aliphatic heterocycles. The van der Waals surface area contributed by atoms with Gasteiger partial charge in [-0.15, -0.1) is 0 Å². The van der Waals surface area contributed by atoms with Crippen LogP contribution in [0.15, 0.2) is 0 Å². The number of carbonyl (C=O) groups excluding carboxylic acids is 1. The highest BCUT2D eigenvalue weighted by atomic mass is 16.7. The van der Waals surface area contributed by atoms with Crippen molar-refractivity contribution in [2.75, 3.05) is 0 Å². The largest absolute Gasteiger partial charge is 0.480 e. The quantitative estimate of drug-likeness (QED) is 0.0412. The highest BCUT2D eigenvalue weighted by Crippen LogP contribution is 2.43. The third kappa shape index (κ3) is 14.0. The number of carboxylic acid groups (broad SMARTS) is 1. The van der Waals surface area contributed by atoms with Crippen molar-refractivity contribution in [1.82, 2.24) is 0 Å². The zero-order chi connectivity index (χ0) is 39.6. The second-order valence-corrected chi connectivity index (χ2v) is 15.7. The lowest BCUT2D eigenvalue weighted by Gasteiger charge is -2.51. The highest BCUT2D eigenvalue weighted by Gasteiger charge is 2.65. The highest BCUT2D eigenvalue weighted by molar-refractivity contribution is 6.05. The predicted octanol–water partition coefficient (Wildman–Crippen LogP) is 4.30. The summed E-state index contributed by atoms with van der Waals surface area (Å²) in [5.41, 5.74) is -2.76. The molecule has 13 atom stereocenters. The number of carboxylic acids is 1. The Kier molecular flexibility index (Phi) is 22.7. The Hall–Kier alpha value is -1.26. The van der Waals surface area contributed by atoms with Crippen molar-refractivity contribution in [3.05, 3.63) is 0 Å². The number of unbranched alkanes of at least 4 members (excludes halogenated alkanes) is 16. The molecule has 0 spiro atoms. The fourth-order valence-corrected chi connectivity index (χ4v) is 7.81. The SMILES string of the molecule is CCCCCCCCCCCC(O)CC(=O)C(C(=O)O)(C(O)CCCCCCCCCCC)[C@@H]1O[C@@H](C)[C@H](O)[C@@H](O)[C@H]1O[C@@H]1O[C@@H](C)[C@H](O)[C@@H](O)[C@H]1O. The van der Waals surface area contributed by atoms with Crippen LogP contribution in [0.1, 0.15) is 163 Å². The van der Waals surface area contributed by atoms with E-state index in [4.69, 9.17) is 14.2 Å². The summed E-state index contributed by atoms with van der Waals surface area (Å²) in [6.45, 7) is 7.13. The summed E-state index contributed by atoms with van der Waals surface area (Å²) < 4.78 is 17.5. The van der Waals surface area contributed by atoms with E-state index in [0.717, 1.165) is 57.8 Å². The molecule has 0 amide bonds. The Morgan fingerprint density at radius 1 is 0.604 bits per heavy atom. The maximum Gasteiger partial charge on any atom is 0.322 e. The van der Waals surface area contributed by atoms with Crippen LogP contribution < -0.4 is 0 Å². The molecule has 0 aromatic heterocycles. The van der Waals surface area contributed by atoms with Gasteiger partial charge in [0.15, 0.2) is 17.5 Å². The number of aliphatic carboxylic acids is 1. The summed E-state index contributed by atoms with van der Waals surface area (Å²) in [6.07, 6.45) is -1.71. The van der Waals surface area contributed by atoms with Crippen LogP contribution in [-0.2, 0) is 23.8 Å². The number of Topliss-reactive ketones (excluding diaryl/α,β-unsaturated/α-hetero) is 1. The number of aliphatic hydroxyl groups is 7. The molecule has 2 saturated heterocycles. The van der Waals surface area contributed by atoms with Gasteiger partial charge in [-0.25, -0.2) is 0 Å². The fourth-order valence-electron chi connectivity index (χ4n) is 7.81. The van der Waals surface area contributed by atoms with Gasteiger partial charge in [-0.05, 0) is 26.7 Å². The van der Waals surface area contributed by atoms with Crippen molar-refractivity contribution in [2.45, 2.75) is 236 Å². The van der Waals surface area contributed by atoms with Crippen LogP contribution >= 0.6 is 0 Å². The van der Waals surface area contributed by atoms with Crippen molar-refractivity contribution in [3.8, 4) is 0 Å². The smallest absolute Gasteiger partial charge is 0.322 e. The summed E-state index contributed by atoms with van der Waals surface area (Å²) in [5.74, 6) is -2.76. The van der Waals surface area contributed by atoms with Crippen molar-refractivity contribution in [3.63, 3.8) is 0 Å². The Balaban J connectivity index is 2.32. The molecule has 2 rings (SSSR count). The second kappa shape index (κ2) is 25.1. The summed E-state index contributed by atoms with van der Waals surface area (Å²) in [4.78, 5) is 27.9. The van der Waals surface area contributed by atoms with Crippen LogP contribution in [0.3, 0.4) is 0 Å². The van der Waals surface area contributed by atoms with Gasteiger partial charge in [-0.1, -0.05) is 129 Å². The van der Waals surface area contributed by atoms with Gasteiger partial charge in [-0.3, -0.25) is 9.59 Å². The first-order valence-electron chi connectivity index (χ1n) is 20.7. The molecular formula is C40H74O13. The first-order chi connectivity index (χ1) is 25.2. The third-order valence-electron chi connectivity index (χ3n) is 11.4. The summed E-state index contributed by atoms with van der Waals surface area (Å²) >= 11 is 0. The van der Waals surface area contributed by atoms with Gasteiger partial charge >= 0.3 is 5.97 Å². The van der Waals surface area contributed by atoms with Gasteiger partial charge in [0.25, 0.3) is 0 Å². The van der Waals surface area contributed by atoms with Crippen molar-refractivity contribution in [2.24, 2.45) is 5.41 Å². The molecule has 0 aliphatic carbocycles. The van der Waals surface area contributed by atoms with E-state index in [1.807, 2.05) is 0 Å². The number of rotatable bonds is 28. The monoisotopic (exact) mass is 763 g/mol. The number of ketones is 1. The molecule has 53 heavy (non-hydrogen) atoms. The zero-order valence-electron chi connectivity index (χ0n) is 32.9. The minimum Gasteiger partial charge on any atom is -0.480 e. The van der Waals surface area contributed by atoms with Crippen molar-refractivity contribution >= 4 is 11.8 Å². The van der Waals surface area contributed by atoms with Crippen molar-refractivity contribution in [1.29, 1.82) is 0 Å². The minimum atomic E-state index is -2.76. The van der Waals surface area contributed by atoms with Gasteiger partial charge < -0.3 is 55.1 Å². The zero-order valence-corrected chi connectivity index (χ0v) is 32.9. The lowest BCUT2D eigenvalue weighted by Crippen LogP contribution is -2.70. The lowest BCUT2D eigenvalue weighted by atomic mass is 9.66. The summed E-state index contributed by atoms with van der Waals surface area (Å²) in [7, 11) is 0. The van der Waals surface area contributed by atoms with Crippen LogP contribution in [-0.4, -0.2) is 126 Å². The van der Waals surface area contributed by atoms with E-state index < -0.39 is 97.0 Å². The molecular weight excluding hydrogens is 688 g/mol. The lowest BCUT2D eigenvalue weighted by molar-refractivity contribution is -0.343. The number of carbonyl (C=O) groups is 2. The van der Waals surface area contributed by atoms with Crippen LogP contribution in [0, 0.1) is 5.41 Å². The van der Waals surface area contributed by atoms with Gasteiger partial charge in [0, 0.05) is 6.42 Å². The van der Waals surface area contributed by atoms with Gasteiger partial charge in [0.2, 0.25) is 0 Å². The van der Waals surface area contributed by atoms with Gasteiger partial charge in [-0.2, -0.15) is 0 Å². The molecule has 312 valence electrons. The van der Waals surface area contributed by atoms with E-state index in [0.29, 0.717) is 19.3 Å². The molecule has 8 N–H and O–H groups in total. The molecule has 0 aromatic carbocycles. The standard InChI is InChI=1S/C40H74O13/c1-5-7-9-11-13-15-17-19-21-23-28(41)25-30(43)40(39(49)50,29(42)24-22-20-18-16-14-12-10-8-6-2)37-36(34(47)32(45)26(3)51-37)53-38-35(48)33(46)31(44)27(4)52-38/h26-29,31-38,41-42,44-48H,5-25H2,1-4H3,(H,49,50)/t26-,27-,28?,29?,31-,32-,33+,34+,35+,36+,37+,38-,40?/m0/s1. The number of aliphatic hydroxyl groups excluding tert-OH is 7. The molecule has 13 heteroatoms. The van der Waals surface area contributed by atoms with E-state index in [1.165, 1.54) is 52.4 Å². The average molecular weight is 763 g/mol. The average Bonchev–Trinajstić information content (AvgIpc) is 3.12. The molecule has 2 fully saturated rings. The van der Waals surface area contributed by atoms with Gasteiger partial charge in [0.05, 0.1) is 24.4 Å². The molecule has 13 nitrogen and oxygen atoms in total. The second-order valence-electron chi connectivity index (χ2n) is 15.7. The number of hydrogen-bond acceptors (Lipinski definition) is 12. The van der Waals surface area contributed by atoms with Crippen LogP contribution in [0.25, 0.3) is 0 Å². The molecule has 2 aliphatic rings. The first kappa shape index (κ1) is 47.9. The third-order valence-corrected chi connectivity index (χ3v) is 11.4. The summed E-state index contributed by atoms with van der Waals surface area (Å²) in [5, 5.41) is 87.3. The molecule has 0 radical (unpaired) electrons. The van der Waals surface area contributed by atoms with E-state index in [9.17, 15) is 50.4 Å². The van der Waals surface area contributed by atoms with Crippen molar-refractivity contribution < 1.29 is 64.7 Å². The van der Waals surface area contributed by atoms with Crippen LogP contribution in [0.2, 0.25) is 0 Å².